The zero-order valence-corrected chi connectivity index (χ0v) is 7.27. The summed E-state index contributed by atoms with van der Waals surface area (Å²) in [4.78, 5) is 3.54. The van der Waals surface area contributed by atoms with E-state index < -0.39 is 17.6 Å². The minimum atomic E-state index is -4.67. The zero-order valence-electron chi connectivity index (χ0n) is 7.27. The molecule has 0 aliphatic carbocycles. The lowest BCUT2D eigenvalue weighted by molar-refractivity contribution is -0.140. The lowest BCUT2D eigenvalue weighted by Gasteiger charge is -2.07. The lowest BCUT2D eigenvalue weighted by Crippen LogP contribution is -2.08. The van der Waals surface area contributed by atoms with Gasteiger partial charge >= 0.3 is 6.18 Å². The predicted molar refractivity (Wildman–Crippen MR) is 44.9 cm³/mol. The molecule has 0 heterocycles. The maximum Gasteiger partial charge on any atom is 0.419 e. The maximum absolute atomic E-state index is 12.7. The molecule has 1 nitrogen and oxygen atoms in total. The fourth-order valence-corrected chi connectivity index (χ4v) is 0.989. The second-order valence-electron chi connectivity index (χ2n) is 2.62. The van der Waals surface area contributed by atoms with Gasteiger partial charge in [-0.15, -0.1) is 0 Å². The Labute approximate surface area is 78.1 Å². The van der Waals surface area contributed by atoms with Gasteiger partial charge in [-0.1, -0.05) is 6.07 Å². The first-order valence-corrected chi connectivity index (χ1v) is 3.74. The molecule has 5 heteroatoms. The van der Waals surface area contributed by atoms with Crippen LogP contribution in [0.3, 0.4) is 0 Å². The van der Waals surface area contributed by atoms with Crippen LogP contribution in [0.4, 0.5) is 17.6 Å². The van der Waals surface area contributed by atoms with Crippen molar-refractivity contribution in [1.82, 2.24) is 0 Å². The second kappa shape index (κ2) is 3.77. The third-order valence-electron chi connectivity index (χ3n) is 1.57. The van der Waals surface area contributed by atoms with Gasteiger partial charge in [0.2, 0.25) is 0 Å². The van der Waals surface area contributed by atoms with Crippen molar-refractivity contribution in [3.05, 3.63) is 35.1 Å². The number of rotatable bonds is 1. The minimum absolute atomic E-state index is 0.223. The molecule has 0 aliphatic rings. The molecule has 0 aliphatic heterocycles. The highest BCUT2D eigenvalue weighted by molar-refractivity contribution is 5.79. The minimum Gasteiger partial charge on any atom is -0.296 e. The van der Waals surface area contributed by atoms with Gasteiger partial charge in [-0.05, 0) is 17.7 Å². The first-order chi connectivity index (χ1) is 6.45. The van der Waals surface area contributed by atoms with Crippen LogP contribution >= 0.6 is 0 Å². The molecular weight excluding hydrogens is 198 g/mol. The third-order valence-corrected chi connectivity index (χ3v) is 1.57. The van der Waals surface area contributed by atoms with Crippen LogP contribution < -0.4 is 0 Å². The third kappa shape index (κ3) is 2.31. The number of halogens is 4. The molecule has 1 aromatic rings. The maximum atomic E-state index is 12.7. The van der Waals surface area contributed by atoms with Gasteiger partial charge in [-0.25, -0.2) is 4.39 Å². The average molecular weight is 205 g/mol. The van der Waals surface area contributed by atoms with Crippen molar-refractivity contribution in [2.45, 2.75) is 6.18 Å². The molecule has 0 amide bonds. The monoisotopic (exact) mass is 205 g/mol. The summed E-state index contributed by atoms with van der Waals surface area (Å²) in [6.07, 6.45) is -3.43. The van der Waals surface area contributed by atoms with E-state index in [4.69, 9.17) is 0 Å². The van der Waals surface area contributed by atoms with Gasteiger partial charge in [-0.3, -0.25) is 4.99 Å². The van der Waals surface area contributed by atoms with E-state index in [2.05, 4.69) is 4.99 Å². The Morgan fingerprint density at radius 3 is 2.43 bits per heavy atom. The molecular formula is C9H7F4N. The molecule has 0 N–H and O–H groups in total. The number of alkyl halides is 3. The van der Waals surface area contributed by atoms with E-state index in [-0.39, 0.29) is 5.56 Å². The van der Waals surface area contributed by atoms with Gasteiger partial charge in [0.1, 0.15) is 5.82 Å². The fourth-order valence-electron chi connectivity index (χ4n) is 0.989. The molecule has 0 radical (unpaired) electrons. The highest BCUT2D eigenvalue weighted by Gasteiger charge is 2.33. The number of aliphatic imine (C=N–C) groups is 1. The SMILES string of the molecule is CN=Cc1ccc(F)c(C(F)(F)F)c1. The summed E-state index contributed by atoms with van der Waals surface area (Å²) in [7, 11) is 1.43. The summed E-state index contributed by atoms with van der Waals surface area (Å²) in [6, 6.07) is 2.74. The van der Waals surface area contributed by atoms with Crippen LogP contribution in [0.25, 0.3) is 0 Å². The van der Waals surface area contributed by atoms with Gasteiger partial charge in [0.25, 0.3) is 0 Å². The second-order valence-corrected chi connectivity index (χ2v) is 2.62. The van der Waals surface area contributed by atoms with Gasteiger partial charge < -0.3 is 0 Å². The standard InChI is InChI=1S/C9H7F4N/c1-14-5-6-2-3-8(10)7(4-6)9(11,12)13/h2-5H,1H3. The Kier molecular flexibility index (Phi) is 2.88. The van der Waals surface area contributed by atoms with Crippen LogP contribution in [0, 0.1) is 5.82 Å². The molecule has 0 bridgehead atoms. The number of nitrogens with zero attached hydrogens (tertiary/aromatic N) is 1. The smallest absolute Gasteiger partial charge is 0.296 e. The summed E-state index contributed by atoms with van der Waals surface area (Å²) in [5, 5.41) is 0. The molecule has 0 spiro atoms. The fraction of sp³-hybridized carbons (Fsp3) is 0.222. The van der Waals surface area contributed by atoms with Gasteiger partial charge in [0.15, 0.2) is 0 Å². The van der Waals surface area contributed by atoms with E-state index >= 15 is 0 Å². The molecule has 1 aromatic carbocycles. The van der Waals surface area contributed by atoms with Crippen LogP contribution in [0.5, 0.6) is 0 Å². The Hall–Kier alpha value is -1.39. The topological polar surface area (TPSA) is 12.4 Å². The van der Waals surface area contributed by atoms with E-state index in [0.717, 1.165) is 12.1 Å². The van der Waals surface area contributed by atoms with Crippen LogP contribution in [0.15, 0.2) is 23.2 Å². The lowest BCUT2D eigenvalue weighted by atomic mass is 10.1. The van der Waals surface area contributed by atoms with Crippen molar-refractivity contribution in [3.8, 4) is 0 Å². The van der Waals surface area contributed by atoms with E-state index in [1.165, 1.54) is 19.3 Å². The Morgan fingerprint density at radius 1 is 1.29 bits per heavy atom. The quantitative estimate of drug-likeness (QED) is 0.493. The van der Waals surface area contributed by atoms with Crippen LogP contribution in [-0.4, -0.2) is 13.3 Å². The molecule has 0 atom stereocenters. The molecule has 0 aromatic heterocycles. The van der Waals surface area contributed by atoms with E-state index in [1.54, 1.807) is 0 Å². The summed E-state index contributed by atoms with van der Waals surface area (Å²) in [5.74, 6) is -1.27. The van der Waals surface area contributed by atoms with Crippen molar-refractivity contribution in [2.75, 3.05) is 7.05 Å². The number of benzene rings is 1. The molecule has 0 saturated carbocycles. The summed E-state index contributed by atoms with van der Waals surface area (Å²) in [6.45, 7) is 0. The highest BCUT2D eigenvalue weighted by Crippen LogP contribution is 2.31. The Bertz CT molecular complexity index is 354. The molecule has 0 saturated heterocycles. The summed E-state index contributed by atoms with van der Waals surface area (Å²) < 4.78 is 49.3. The highest BCUT2D eigenvalue weighted by atomic mass is 19.4. The van der Waals surface area contributed by atoms with Crippen LogP contribution in [0.2, 0.25) is 0 Å². The molecule has 14 heavy (non-hydrogen) atoms. The summed E-state index contributed by atoms with van der Waals surface area (Å²) >= 11 is 0. The molecule has 0 unspecified atom stereocenters. The van der Waals surface area contributed by atoms with Gasteiger partial charge in [-0.2, -0.15) is 13.2 Å². The Morgan fingerprint density at radius 2 is 1.93 bits per heavy atom. The largest absolute Gasteiger partial charge is 0.419 e. The molecule has 0 fully saturated rings. The Balaban J connectivity index is 3.22. The first-order valence-electron chi connectivity index (χ1n) is 3.74. The van der Waals surface area contributed by atoms with Crippen LogP contribution in [0.1, 0.15) is 11.1 Å². The number of hydrogen-bond donors (Lipinski definition) is 0. The normalized spacial score (nSPS) is 12.4. The van der Waals surface area contributed by atoms with E-state index in [9.17, 15) is 17.6 Å². The van der Waals surface area contributed by atoms with Gasteiger partial charge in [0, 0.05) is 13.3 Å². The van der Waals surface area contributed by atoms with Crippen molar-refractivity contribution < 1.29 is 17.6 Å². The van der Waals surface area contributed by atoms with E-state index in [1.807, 2.05) is 0 Å². The van der Waals surface area contributed by atoms with Crippen molar-refractivity contribution in [3.63, 3.8) is 0 Å². The summed E-state index contributed by atoms with van der Waals surface area (Å²) in [5.41, 5.74) is -1.05. The van der Waals surface area contributed by atoms with Crippen LogP contribution in [-0.2, 0) is 6.18 Å². The van der Waals surface area contributed by atoms with Gasteiger partial charge in [0.05, 0.1) is 5.56 Å². The zero-order chi connectivity index (χ0) is 10.8. The van der Waals surface area contributed by atoms with Crippen molar-refractivity contribution >= 4 is 6.21 Å². The molecule has 1 rings (SSSR count). The van der Waals surface area contributed by atoms with Crippen molar-refractivity contribution in [2.24, 2.45) is 4.99 Å². The van der Waals surface area contributed by atoms with E-state index in [0.29, 0.717) is 0 Å². The first kappa shape index (κ1) is 10.7. The van der Waals surface area contributed by atoms with Crippen molar-refractivity contribution in [1.29, 1.82) is 0 Å². The predicted octanol–water partition coefficient (Wildman–Crippen LogP) is 2.89. The molecule has 76 valence electrons. The number of hydrogen-bond acceptors (Lipinski definition) is 1. The average Bonchev–Trinajstić information content (AvgIpc) is 2.07.